The summed E-state index contributed by atoms with van der Waals surface area (Å²) in [5.74, 6) is 0.804. The predicted octanol–water partition coefficient (Wildman–Crippen LogP) is 2.41. The zero-order valence-electron chi connectivity index (χ0n) is 9.79. The first kappa shape index (κ1) is 11.4. The van der Waals surface area contributed by atoms with Gasteiger partial charge in [-0.3, -0.25) is 0 Å². The van der Waals surface area contributed by atoms with Crippen LogP contribution in [-0.2, 0) is 5.41 Å². The molecule has 1 aliphatic carbocycles. The lowest BCUT2D eigenvalue weighted by Gasteiger charge is -2.50. The average molecular weight is 223 g/mol. The summed E-state index contributed by atoms with van der Waals surface area (Å²) in [6, 6.07) is 7.78. The number of benzene rings is 1. The first-order chi connectivity index (χ1) is 7.51. The second-order valence-corrected chi connectivity index (χ2v) is 4.98. The van der Waals surface area contributed by atoms with Crippen molar-refractivity contribution in [1.82, 2.24) is 0 Å². The van der Waals surface area contributed by atoms with Crippen LogP contribution in [0.3, 0.4) is 0 Å². The van der Waals surface area contributed by atoms with E-state index in [1.165, 1.54) is 0 Å². The van der Waals surface area contributed by atoms with Crippen LogP contribution in [0.4, 0.5) is 4.39 Å². The van der Waals surface area contributed by atoms with Crippen molar-refractivity contribution in [3.8, 4) is 5.75 Å². The minimum atomic E-state index is -1.07. The molecule has 0 bridgehead atoms. The maximum atomic E-state index is 13.7. The molecule has 1 aromatic carbocycles. The van der Waals surface area contributed by atoms with E-state index >= 15 is 0 Å². The number of hydrogen-bond donors (Lipinski definition) is 1. The van der Waals surface area contributed by atoms with Gasteiger partial charge in [-0.05, 0) is 37.5 Å². The molecule has 2 rings (SSSR count). The van der Waals surface area contributed by atoms with Crippen LogP contribution in [0.15, 0.2) is 24.3 Å². The van der Waals surface area contributed by atoms with Crippen molar-refractivity contribution in [3.63, 3.8) is 0 Å². The van der Waals surface area contributed by atoms with Crippen molar-refractivity contribution >= 4 is 0 Å². The molecule has 0 heterocycles. The molecule has 2 N–H and O–H groups in total. The maximum absolute atomic E-state index is 13.7. The molecule has 0 atom stereocenters. The van der Waals surface area contributed by atoms with E-state index in [0.29, 0.717) is 19.4 Å². The van der Waals surface area contributed by atoms with Crippen LogP contribution in [0, 0.1) is 0 Å². The quantitative estimate of drug-likeness (QED) is 0.854. The number of rotatable bonds is 3. The average Bonchev–Trinajstić information content (AvgIpc) is 2.25. The topological polar surface area (TPSA) is 35.2 Å². The van der Waals surface area contributed by atoms with E-state index in [4.69, 9.17) is 10.5 Å². The Morgan fingerprint density at radius 3 is 2.62 bits per heavy atom. The van der Waals surface area contributed by atoms with Crippen LogP contribution in [-0.4, -0.2) is 19.3 Å². The van der Waals surface area contributed by atoms with Gasteiger partial charge in [0, 0.05) is 12.0 Å². The Morgan fingerprint density at radius 1 is 1.44 bits per heavy atom. The Labute approximate surface area is 95.6 Å². The largest absolute Gasteiger partial charge is 0.497 e. The lowest BCUT2D eigenvalue weighted by atomic mass is 9.57. The smallest absolute Gasteiger partial charge is 0.119 e. The summed E-state index contributed by atoms with van der Waals surface area (Å²) in [6.45, 7) is 2.13. The first-order valence-corrected chi connectivity index (χ1v) is 5.55. The standard InChI is InChI=1S/C13H18FNO/c1-12(14)7-13(8-12,9-15)10-4-3-5-11(6-10)16-2/h3-6H,7-9,15H2,1-2H3. The van der Waals surface area contributed by atoms with Crippen LogP contribution >= 0.6 is 0 Å². The highest BCUT2D eigenvalue weighted by Gasteiger charge is 2.52. The normalized spacial score (nSPS) is 33.2. The number of alkyl halides is 1. The van der Waals surface area contributed by atoms with Crippen LogP contribution in [0.25, 0.3) is 0 Å². The van der Waals surface area contributed by atoms with Crippen LogP contribution in [0.5, 0.6) is 5.75 Å². The maximum Gasteiger partial charge on any atom is 0.119 e. The second-order valence-electron chi connectivity index (χ2n) is 4.98. The van der Waals surface area contributed by atoms with Gasteiger partial charge in [0.2, 0.25) is 0 Å². The van der Waals surface area contributed by atoms with Crippen molar-refractivity contribution in [2.24, 2.45) is 5.73 Å². The molecule has 0 unspecified atom stereocenters. The van der Waals surface area contributed by atoms with Crippen LogP contribution in [0.1, 0.15) is 25.3 Å². The van der Waals surface area contributed by atoms with Crippen molar-refractivity contribution < 1.29 is 9.13 Å². The van der Waals surface area contributed by atoms with E-state index in [1.807, 2.05) is 24.3 Å². The molecule has 0 amide bonds. The zero-order valence-corrected chi connectivity index (χ0v) is 9.79. The summed E-state index contributed by atoms with van der Waals surface area (Å²) in [5, 5.41) is 0. The van der Waals surface area contributed by atoms with Crippen molar-refractivity contribution in [3.05, 3.63) is 29.8 Å². The number of ether oxygens (including phenoxy) is 1. The predicted molar refractivity (Wildman–Crippen MR) is 62.5 cm³/mol. The number of hydrogen-bond acceptors (Lipinski definition) is 2. The van der Waals surface area contributed by atoms with Crippen LogP contribution < -0.4 is 10.5 Å². The Morgan fingerprint density at radius 2 is 2.12 bits per heavy atom. The Hall–Kier alpha value is -1.09. The second kappa shape index (κ2) is 3.74. The lowest BCUT2D eigenvalue weighted by molar-refractivity contribution is 0.00264. The number of methoxy groups -OCH3 is 1. The summed E-state index contributed by atoms with van der Waals surface area (Å²) in [4.78, 5) is 0. The van der Waals surface area contributed by atoms with Gasteiger partial charge in [0.1, 0.15) is 11.4 Å². The van der Waals surface area contributed by atoms with Gasteiger partial charge < -0.3 is 10.5 Å². The monoisotopic (exact) mass is 223 g/mol. The highest BCUT2D eigenvalue weighted by Crippen LogP contribution is 2.52. The molecule has 0 aliphatic heterocycles. The molecule has 1 fully saturated rings. The van der Waals surface area contributed by atoms with E-state index in [9.17, 15) is 4.39 Å². The van der Waals surface area contributed by atoms with E-state index in [1.54, 1.807) is 14.0 Å². The van der Waals surface area contributed by atoms with Crippen molar-refractivity contribution in [2.45, 2.75) is 30.8 Å². The molecule has 1 saturated carbocycles. The van der Waals surface area contributed by atoms with Gasteiger partial charge in [-0.15, -0.1) is 0 Å². The molecule has 2 nitrogen and oxygen atoms in total. The van der Waals surface area contributed by atoms with E-state index in [2.05, 4.69) is 0 Å². The Balaban J connectivity index is 2.28. The summed E-state index contributed by atoms with van der Waals surface area (Å²) in [7, 11) is 1.63. The van der Waals surface area contributed by atoms with Gasteiger partial charge in [0.25, 0.3) is 0 Å². The van der Waals surface area contributed by atoms with Gasteiger partial charge in [-0.25, -0.2) is 4.39 Å². The van der Waals surface area contributed by atoms with E-state index < -0.39 is 5.67 Å². The van der Waals surface area contributed by atoms with Gasteiger partial charge in [-0.1, -0.05) is 12.1 Å². The molecule has 0 radical (unpaired) electrons. The lowest BCUT2D eigenvalue weighted by Crippen LogP contribution is -2.54. The summed E-state index contributed by atoms with van der Waals surface area (Å²) in [5.41, 5.74) is 5.63. The summed E-state index contributed by atoms with van der Waals surface area (Å²) >= 11 is 0. The molecule has 1 aliphatic rings. The fourth-order valence-corrected chi connectivity index (χ4v) is 2.78. The van der Waals surface area contributed by atoms with Crippen molar-refractivity contribution in [2.75, 3.05) is 13.7 Å². The summed E-state index contributed by atoms with van der Waals surface area (Å²) in [6.07, 6.45) is 1.01. The Bertz CT molecular complexity index is 381. The molecule has 1 aromatic rings. The summed E-state index contributed by atoms with van der Waals surface area (Å²) < 4.78 is 18.8. The molecule has 0 saturated heterocycles. The fraction of sp³-hybridized carbons (Fsp3) is 0.538. The Kier molecular flexibility index (Phi) is 2.66. The van der Waals surface area contributed by atoms with Gasteiger partial charge >= 0.3 is 0 Å². The fourth-order valence-electron chi connectivity index (χ4n) is 2.78. The van der Waals surface area contributed by atoms with E-state index in [-0.39, 0.29) is 5.41 Å². The third kappa shape index (κ3) is 1.80. The van der Waals surface area contributed by atoms with Crippen LogP contribution in [0.2, 0.25) is 0 Å². The molecule has 0 spiro atoms. The van der Waals surface area contributed by atoms with Crippen molar-refractivity contribution in [1.29, 1.82) is 0 Å². The number of halogens is 1. The van der Waals surface area contributed by atoms with Gasteiger partial charge in [-0.2, -0.15) is 0 Å². The minimum Gasteiger partial charge on any atom is -0.497 e. The molecule has 0 aromatic heterocycles. The molecule has 3 heteroatoms. The first-order valence-electron chi connectivity index (χ1n) is 5.55. The van der Waals surface area contributed by atoms with Gasteiger partial charge in [0.05, 0.1) is 7.11 Å². The highest BCUT2D eigenvalue weighted by molar-refractivity contribution is 5.37. The molecular formula is C13H18FNO. The number of nitrogens with two attached hydrogens (primary N) is 1. The third-order valence-electron chi connectivity index (χ3n) is 3.49. The van der Waals surface area contributed by atoms with E-state index in [0.717, 1.165) is 11.3 Å². The molecular weight excluding hydrogens is 205 g/mol. The minimum absolute atomic E-state index is 0.196. The molecule has 16 heavy (non-hydrogen) atoms. The SMILES string of the molecule is COc1cccc(C2(CN)CC(C)(F)C2)c1. The zero-order chi connectivity index (χ0) is 11.8. The van der Waals surface area contributed by atoms with Gasteiger partial charge in [0.15, 0.2) is 0 Å². The third-order valence-corrected chi connectivity index (χ3v) is 3.49. The highest BCUT2D eigenvalue weighted by atomic mass is 19.1. The molecule has 88 valence electrons.